The van der Waals surface area contributed by atoms with Crippen molar-refractivity contribution in [3.05, 3.63) is 71.8 Å². The van der Waals surface area contributed by atoms with Crippen molar-refractivity contribution in [3.8, 4) is 0 Å². The molecule has 2 aromatic rings. The Morgan fingerprint density at radius 1 is 0.557 bits per heavy atom. The fourth-order valence-corrected chi connectivity index (χ4v) is 9.60. The molecule has 0 radical (unpaired) electrons. The Balaban J connectivity index is 1.21. The monoisotopic (exact) mass is 1120 g/mol. The lowest BCUT2D eigenvalue weighted by Crippen LogP contribution is -2.55. The lowest BCUT2D eigenvalue weighted by Gasteiger charge is -2.33. The van der Waals surface area contributed by atoms with Crippen LogP contribution in [0.1, 0.15) is 108 Å². The number of benzene rings is 2. The highest BCUT2D eigenvalue weighted by molar-refractivity contribution is 5.92. The van der Waals surface area contributed by atoms with E-state index < -0.39 is 84.0 Å². The van der Waals surface area contributed by atoms with E-state index in [2.05, 4.69) is 31.9 Å². The molecule has 0 aromatic heterocycles. The van der Waals surface area contributed by atoms with E-state index in [1.807, 2.05) is 0 Å². The van der Waals surface area contributed by atoms with E-state index in [4.69, 9.17) is 0 Å². The van der Waals surface area contributed by atoms with E-state index in [9.17, 15) is 64.7 Å². The molecule has 0 unspecified atom stereocenters. The fourth-order valence-electron chi connectivity index (χ4n) is 9.60. The normalized spacial score (nSPS) is 17.0. The summed E-state index contributed by atoms with van der Waals surface area (Å²) in [6.45, 7) is 3.10. The number of halogens is 6. The number of likely N-dealkylation sites (N-methyl/N-ethyl adjacent to an activating group) is 2. The molecule has 79 heavy (non-hydrogen) atoms. The lowest BCUT2D eigenvalue weighted by molar-refractivity contribution is -0.186. The van der Waals surface area contributed by atoms with Crippen LogP contribution in [0, 0.1) is 0 Å². The number of unbranched alkanes of at least 4 members (excludes halogenated alkanes) is 4. The van der Waals surface area contributed by atoms with Gasteiger partial charge in [0.1, 0.15) is 12.1 Å². The third-order valence-electron chi connectivity index (χ3n) is 14.5. The number of likely N-dealkylation sites (tertiary alicyclic amines) is 2. The Hall–Kier alpha value is -6.30. The number of hydrogen-bond acceptors (Lipinski definition) is 10. The largest absolute Gasteiger partial charge is 0.471 e. The van der Waals surface area contributed by atoms with Crippen molar-refractivity contribution >= 4 is 47.3 Å². The van der Waals surface area contributed by atoms with Crippen molar-refractivity contribution in [2.45, 2.75) is 159 Å². The summed E-state index contributed by atoms with van der Waals surface area (Å²) >= 11 is 0. The molecule has 0 aliphatic carbocycles. The zero-order valence-corrected chi connectivity index (χ0v) is 45.8. The van der Waals surface area contributed by atoms with Crippen molar-refractivity contribution in [2.24, 2.45) is 0 Å². The van der Waals surface area contributed by atoms with Crippen LogP contribution in [0.25, 0.3) is 0 Å². The van der Waals surface area contributed by atoms with Crippen molar-refractivity contribution in [1.29, 1.82) is 0 Å². The molecule has 24 heteroatoms. The highest BCUT2D eigenvalue weighted by atomic mass is 19.4. The highest BCUT2D eigenvalue weighted by Gasteiger charge is 2.46. The Morgan fingerprint density at radius 3 is 1.25 bits per heavy atom. The standard InChI is InChI=1S/C55H80F6N10O8/c1-38(62-3)48(74)66-44(50(76)70-32-16-22-42(70)36-68(52(78)54(56,57)58)34-28-40-18-10-8-11-19-40)24-26-46(72)64-30-14-6-5-7-15-31-65-47(73)27-25-45(67-49(75)39(2)63-4)51(77)71-33-17-23-43(71)37-69(53(79)55(59,60)61)35-29-41-20-12-9-13-21-41/h8-13,18-21,38-39,42-45,62-63H,5-7,14-17,22-37H2,1-4H3,(H,64,72)(H,65,73)(H,66,74)(H,67,75)/t38-,39+,42-,43-,44-,45-/m0/s1. The van der Waals surface area contributed by atoms with Gasteiger partial charge in [-0.1, -0.05) is 79.9 Å². The first-order valence-corrected chi connectivity index (χ1v) is 27.4. The van der Waals surface area contributed by atoms with Gasteiger partial charge in [-0.25, -0.2) is 0 Å². The van der Waals surface area contributed by atoms with Gasteiger partial charge in [-0.3, -0.25) is 38.4 Å². The van der Waals surface area contributed by atoms with Crippen molar-refractivity contribution in [1.82, 2.24) is 51.5 Å². The molecule has 2 fully saturated rings. The molecule has 0 spiro atoms. The molecule has 6 atom stereocenters. The Morgan fingerprint density at radius 2 is 0.911 bits per heavy atom. The van der Waals surface area contributed by atoms with Crippen molar-refractivity contribution < 1.29 is 64.7 Å². The number of nitrogens with one attached hydrogen (secondary N) is 6. The maximum absolute atomic E-state index is 14.0. The minimum atomic E-state index is -5.12. The zero-order chi connectivity index (χ0) is 58.1. The first-order chi connectivity index (χ1) is 37.5. The molecule has 2 heterocycles. The van der Waals surface area contributed by atoms with Crippen LogP contribution in [-0.2, 0) is 51.2 Å². The van der Waals surface area contributed by atoms with Gasteiger partial charge < -0.3 is 51.5 Å². The quantitative estimate of drug-likeness (QED) is 0.0454. The summed E-state index contributed by atoms with van der Waals surface area (Å²) in [5.41, 5.74) is 1.49. The van der Waals surface area contributed by atoms with E-state index in [0.717, 1.165) is 40.2 Å². The van der Waals surface area contributed by atoms with E-state index in [-0.39, 0.29) is 89.6 Å². The van der Waals surface area contributed by atoms with Crippen LogP contribution in [-0.4, -0.2) is 182 Å². The first-order valence-electron chi connectivity index (χ1n) is 27.4. The number of carbonyl (C=O) groups excluding carboxylic acids is 8. The SMILES string of the molecule is CN[C@@H](C)C(=O)N[C@@H](CCC(=O)NCCCCCCCNC(=O)CC[C@H](NC(=O)[C@@H](C)NC)C(=O)N1CCC[C@H]1CN(CCc1ccccc1)C(=O)C(F)(F)F)C(=O)N1CCC[C@H]1CN(CCc1ccccc1)C(=O)C(F)(F)F. The van der Waals surface area contributed by atoms with Crippen molar-refractivity contribution in [2.75, 3.05) is 66.5 Å². The third kappa shape index (κ3) is 22.0. The molecule has 4 rings (SSSR count). The minimum absolute atomic E-state index is 0.0761. The van der Waals surface area contributed by atoms with Crippen LogP contribution < -0.4 is 31.9 Å². The fraction of sp³-hybridized carbons (Fsp3) is 0.636. The van der Waals surface area contributed by atoms with Crippen LogP contribution in [0.4, 0.5) is 26.3 Å². The average molecular weight is 1120 g/mol. The molecular formula is C55H80F6N10O8. The van der Waals surface area contributed by atoms with Gasteiger partial charge in [0.2, 0.25) is 35.4 Å². The molecule has 2 aliphatic heterocycles. The van der Waals surface area contributed by atoms with E-state index in [1.54, 1.807) is 88.6 Å². The summed E-state index contributed by atoms with van der Waals surface area (Å²) in [6.07, 6.45) is -5.17. The minimum Gasteiger partial charge on any atom is -0.356 e. The smallest absolute Gasteiger partial charge is 0.356 e. The number of nitrogens with zero attached hydrogens (tertiary/aromatic N) is 4. The van der Waals surface area contributed by atoms with Gasteiger partial charge in [0.25, 0.3) is 0 Å². The van der Waals surface area contributed by atoms with Crippen LogP contribution in [0.2, 0.25) is 0 Å². The summed E-state index contributed by atoms with van der Waals surface area (Å²) < 4.78 is 82.5. The number of alkyl halides is 6. The van der Waals surface area contributed by atoms with E-state index in [1.165, 1.54) is 9.80 Å². The highest BCUT2D eigenvalue weighted by Crippen LogP contribution is 2.27. The molecule has 18 nitrogen and oxygen atoms in total. The van der Waals surface area contributed by atoms with Crippen LogP contribution >= 0.6 is 0 Å². The molecule has 0 saturated carbocycles. The Kier molecular flexibility index (Phi) is 27.0. The summed E-state index contributed by atoms with van der Waals surface area (Å²) in [6, 6.07) is 12.4. The van der Waals surface area contributed by atoms with Crippen LogP contribution in [0.5, 0.6) is 0 Å². The van der Waals surface area contributed by atoms with Gasteiger partial charge in [0.05, 0.1) is 12.1 Å². The predicted molar refractivity (Wildman–Crippen MR) is 284 cm³/mol. The maximum atomic E-state index is 14.0. The summed E-state index contributed by atoms with van der Waals surface area (Å²) in [4.78, 5) is 109. The lowest BCUT2D eigenvalue weighted by atomic mass is 10.1. The average Bonchev–Trinajstić information content (AvgIpc) is 4.12. The number of carbonyl (C=O) groups is 8. The molecule has 8 amide bonds. The van der Waals surface area contributed by atoms with Gasteiger partial charge >= 0.3 is 24.2 Å². The van der Waals surface area contributed by atoms with E-state index in [0.29, 0.717) is 51.6 Å². The Bertz CT molecular complexity index is 2130. The van der Waals surface area contributed by atoms with Gasteiger partial charge in [-0.2, -0.15) is 26.3 Å². The molecule has 0 bridgehead atoms. The third-order valence-corrected chi connectivity index (χ3v) is 14.5. The van der Waals surface area contributed by atoms with Crippen LogP contribution in [0.15, 0.2) is 60.7 Å². The van der Waals surface area contributed by atoms with Gasteiger partial charge in [0.15, 0.2) is 0 Å². The van der Waals surface area contributed by atoms with E-state index >= 15 is 0 Å². The van der Waals surface area contributed by atoms with Gasteiger partial charge in [-0.15, -0.1) is 0 Å². The molecule has 6 N–H and O–H groups in total. The molecule has 440 valence electrons. The van der Waals surface area contributed by atoms with Crippen molar-refractivity contribution in [3.63, 3.8) is 0 Å². The first kappa shape index (κ1) is 65.2. The Labute approximate surface area is 459 Å². The molecule has 2 aliphatic rings. The number of amides is 8. The van der Waals surface area contributed by atoms with Gasteiger partial charge in [0, 0.05) is 77.3 Å². The second kappa shape index (κ2) is 32.7. The second-order valence-electron chi connectivity index (χ2n) is 20.3. The summed E-state index contributed by atoms with van der Waals surface area (Å²) in [5, 5.41) is 16.7. The second-order valence-corrected chi connectivity index (χ2v) is 20.3. The molecule has 2 saturated heterocycles. The zero-order valence-electron chi connectivity index (χ0n) is 45.8. The number of rotatable bonds is 32. The summed E-state index contributed by atoms with van der Waals surface area (Å²) in [7, 11) is 3.12. The summed E-state index contributed by atoms with van der Waals surface area (Å²) in [5.74, 6) is -6.84. The van der Waals surface area contributed by atoms with Crippen LogP contribution in [0.3, 0.4) is 0 Å². The number of hydrogen-bond donors (Lipinski definition) is 6. The molecule has 2 aromatic carbocycles. The molecular weight excluding hydrogens is 1040 g/mol. The van der Waals surface area contributed by atoms with Gasteiger partial charge in [-0.05, 0) is 103 Å². The topological polar surface area (TPSA) is 222 Å². The predicted octanol–water partition coefficient (Wildman–Crippen LogP) is 4.16. The maximum Gasteiger partial charge on any atom is 0.471 e.